The van der Waals surface area contributed by atoms with Gasteiger partial charge in [0.05, 0.1) is 5.56 Å². The maximum absolute atomic E-state index is 13.7. The van der Waals surface area contributed by atoms with Crippen LogP contribution in [0.25, 0.3) is 0 Å². The third-order valence-electron chi connectivity index (χ3n) is 3.22. The third-order valence-corrected chi connectivity index (χ3v) is 3.22. The molecule has 4 heteroatoms. The lowest BCUT2D eigenvalue weighted by Crippen LogP contribution is -2.33. The van der Waals surface area contributed by atoms with Crippen LogP contribution in [0.1, 0.15) is 43.1 Å². The van der Waals surface area contributed by atoms with Crippen LogP contribution in [0.15, 0.2) is 18.2 Å². The van der Waals surface area contributed by atoms with E-state index in [1.54, 1.807) is 0 Å². The molecule has 1 amide bonds. The van der Waals surface area contributed by atoms with E-state index in [9.17, 15) is 9.18 Å². The molecule has 0 aliphatic rings. The number of rotatable bonds is 4. The second-order valence-corrected chi connectivity index (χ2v) is 5.35. The number of carbonyl (C=O) groups is 1. The highest BCUT2D eigenvalue weighted by atomic mass is 19.1. The average molecular weight is 277 g/mol. The summed E-state index contributed by atoms with van der Waals surface area (Å²) >= 11 is 0. The fraction of sp³-hybridized carbons (Fsp3) is 0.438. The van der Waals surface area contributed by atoms with Crippen molar-refractivity contribution in [3.8, 4) is 11.8 Å². The number of aliphatic hydroxyl groups excluding tert-OH is 1. The molecule has 0 atom stereocenters. The van der Waals surface area contributed by atoms with Crippen molar-refractivity contribution in [2.75, 3.05) is 13.2 Å². The zero-order valence-corrected chi connectivity index (χ0v) is 12.1. The van der Waals surface area contributed by atoms with Gasteiger partial charge in [0, 0.05) is 12.1 Å². The van der Waals surface area contributed by atoms with Crippen molar-refractivity contribution in [2.24, 2.45) is 5.41 Å². The molecule has 0 unspecified atom stereocenters. The predicted octanol–water partition coefficient (Wildman–Crippen LogP) is 2.34. The quantitative estimate of drug-likeness (QED) is 0.830. The number of hydrogen-bond acceptors (Lipinski definition) is 2. The van der Waals surface area contributed by atoms with Gasteiger partial charge in [0.1, 0.15) is 12.4 Å². The fourth-order valence-electron chi connectivity index (χ4n) is 1.44. The van der Waals surface area contributed by atoms with Crippen LogP contribution in [0, 0.1) is 23.1 Å². The van der Waals surface area contributed by atoms with Crippen molar-refractivity contribution < 1.29 is 14.3 Å². The van der Waals surface area contributed by atoms with Crippen molar-refractivity contribution in [1.29, 1.82) is 0 Å². The molecule has 0 bridgehead atoms. The van der Waals surface area contributed by atoms with Crippen molar-refractivity contribution in [3.63, 3.8) is 0 Å². The Bertz CT molecular complexity index is 541. The molecular formula is C16H20FNO2. The number of carbonyl (C=O) groups excluding carboxylic acids is 1. The number of amides is 1. The molecule has 0 aliphatic carbocycles. The Hall–Kier alpha value is -1.86. The minimum Gasteiger partial charge on any atom is -0.384 e. The van der Waals surface area contributed by atoms with Crippen LogP contribution in [0.3, 0.4) is 0 Å². The van der Waals surface area contributed by atoms with Gasteiger partial charge in [-0.3, -0.25) is 4.79 Å². The summed E-state index contributed by atoms with van der Waals surface area (Å²) in [7, 11) is 0. The zero-order chi connectivity index (χ0) is 15.2. The fourth-order valence-corrected chi connectivity index (χ4v) is 1.44. The predicted molar refractivity (Wildman–Crippen MR) is 76.8 cm³/mol. The van der Waals surface area contributed by atoms with E-state index in [1.165, 1.54) is 12.1 Å². The molecule has 0 fully saturated rings. The second kappa shape index (κ2) is 7.06. The highest BCUT2D eigenvalue weighted by Crippen LogP contribution is 2.18. The number of hydrogen-bond donors (Lipinski definition) is 2. The molecule has 0 saturated carbocycles. The summed E-state index contributed by atoms with van der Waals surface area (Å²) in [6, 6.07) is 4.13. The first-order valence-electron chi connectivity index (χ1n) is 6.57. The van der Waals surface area contributed by atoms with Crippen LogP contribution in [0.2, 0.25) is 0 Å². The first-order valence-corrected chi connectivity index (χ1v) is 6.57. The van der Waals surface area contributed by atoms with Gasteiger partial charge >= 0.3 is 0 Å². The molecule has 0 radical (unpaired) electrons. The van der Waals surface area contributed by atoms with E-state index in [-0.39, 0.29) is 29.1 Å². The number of halogens is 1. The summed E-state index contributed by atoms with van der Waals surface area (Å²) in [6.45, 7) is 6.38. The molecule has 2 N–H and O–H groups in total. The monoisotopic (exact) mass is 277 g/mol. The van der Waals surface area contributed by atoms with Crippen LogP contribution < -0.4 is 5.32 Å². The Labute approximate surface area is 119 Å². The molecular weight excluding hydrogens is 257 g/mol. The Morgan fingerprint density at radius 1 is 1.45 bits per heavy atom. The van der Waals surface area contributed by atoms with Gasteiger partial charge in [-0.2, -0.15) is 0 Å². The summed E-state index contributed by atoms with van der Waals surface area (Å²) < 4.78 is 13.7. The van der Waals surface area contributed by atoms with E-state index in [2.05, 4.69) is 37.9 Å². The average Bonchev–Trinajstić information content (AvgIpc) is 2.43. The Kier molecular flexibility index (Phi) is 5.72. The molecule has 0 aromatic heterocycles. The van der Waals surface area contributed by atoms with E-state index in [0.717, 1.165) is 12.5 Å². The largest absolute Gasteiger partial charge is 0.384 e. The van der Waals surface area contributed by atoms with Gasteiger partial charge < -0.3 is 10.4 Å². The first kappa shape index (κ1) is 16.2. The minimum atomic E-state index is -0.562. The van der Waals surface area contributed by atoms with Crippen molar-refractivity contribution in [2.45, 2.75) is 27.2 Å². The molecule has 0 heterocycles. The second-order valence-electron chi connectivity index (χ2n) is 5.35. The molecule has 20 heavy (non-hydrogen) atoms. The van der Waals surface area contributed by atoms with Gasteiger partial charge in [-0.15, -0.1) is 0 Å². The van der Waals surface area contributed by atoms with Crippen LogP contribution in [0.5, 0.6) is 0 Å². The smallest absolute Gasteiger partial charge is 0.251 e. The lowest BCUT2D eigenvalue weighted by molar-refractivity contribution is 0.0935. The number of benzene rings is 1. The molecule has 0 spiro atoms. The third kappa shape index (κ3) is 4.67. The van der Waals surface area contributed by atoms with Crippen molar-refractivity contribution in [1.82, 2.24) is 5.32 Å². The molecule has 1 aromatic rings. The lowest BCUT2D eigenvalue weighted by atomic mass is 9.90. The summed E-state index contributed by atoms with van der Waals surface area (Å²) in [5.41, 5.74) is 0.453. The summed E-state index contributed by atoms with van der Waals surface area (Å²) in [5, 5.41) is 11.4. The van der Waals surface area contributed by atoms with Crippen molar-refractivity contribution >= 4 is 5.91 Å². The SMILES string of the molecule is CCC(C)(C)CNC(=O)c1ccc(C#CCO)c(F)c1. The van der Waals surface area contributed by atoms with Gasteiger partial charge in [-0.1, -0.05) is 32.6 Å². The Morgan fingerprint density at radius 2 is 2.15 bits per heavy atom. The number of nitrogens with one attached hydrogen (secondary N) is 1. The van der Waals surface area contributed by atoms with Gasteiger partial charge in [0.2, 0.25) is 0 Å². The van der Waals surface area contributed by atoms with Gasteiger partial charge in [-0.25, -0.2) is 4.39 Å². The highest BCUT2D eigenvalue weighted by Gasteiger charge is 2.17. The van der Waals surface area contributed by atoms with Crippen molar-refractivity contribution in [3.05, 3.63) is 35.1 Å². The standard InChI is InChI=1S/C16H20FNO2/c1-4-16(2,3)11-18-15(20)13-8-7-12(6-5-9-19)14(17)10-13/h7-8,10,19H,4,9,11H2,1-3H3,(H,18,20). The van der Waals surface area contributed by atoms with Gasteiger partial charge in [0.25, 0.3) is 5.91 Å². The van der Waals surface area contributed by atoms with Gasteiger partial charge in [-0.05, 0) is 30.0 Å². The Balaban J connectivity index is 2.78. The van der Waals surface area contributed by atoms with Crippen LogP contribution >= 0.6 is 0 Å². The molecule has 3 nitrogen and oxygen atoms in total. The summed E-state index contributed by atoms with van der Waals surface area (Å²) in [4.78, 5) is 11.9. The Morgan fingerprint density at radius 3 is 2.70 bits per heavy atom. The molecule has 1 aromatic carbocycles. The summed E-state index contributed by atoms with van der Waals surface area (Å²) in [6.07, 6.45) is 0.942. The molecule has 108 valence electrons. The number of aliphatic hydroxyl groups is 1. The van der Waals surface area contributed by atoms with E-state index in [4.69, 9.17) is 5.11 Å². The lowest BCUT2D eigenvalue weighted by Gasteiger charge is -2.22. The zero-order valence-electron chi connectivity index (χ0n) is 12.1. The topological polar surface area (TPSA) is 49.3 Å². The van der Waals surface area contributed by atoms with Crippen LogP contribution in [-0.2, 0) is 0 Å². The van der Waals surface area contributed by atoms with Crippen LogP contribution in [0.4, 0.5) is 4.39 Å². The van der Waals surface area contributed by atoms with E-state index in [1.807, 2.05) is 0 Å². The first-order chi connectivity index (χ1) is 9.39. The highest BCUT2D eigenvalue weighted by molar-refractivity contribution is 5.94. The van der Waals surface area contributed by atoms with Crippen LogP contribution in [-0.4, -0.2) is 24.2 Å². The van der Waals surface area contributed by atoms with Gasteiger partial charge in [0.15, 0.2) is 0 Å². The molecule has 0 saturated heterocycles. The normalized spacial score (nSPS) is 10.7. The minimum absolute atomic E-state index is 0.0146. The maximum atomic E-state index is 13.7. The maximum Gasteiger partial charge on any atom is 0.251 e. The summed E-state index contributed by atoms with van der Waals surface area (Å²) in [5.74, 6) is 4.00. The molecule has 0 aliphatic heterocycles. The van der Waals surface area contributed by atoms with E-state index >= 15 is 0 Å². The van der Waals surface area contributed by atoms with E-state index < -0.39 is 5.82 Å². The van der Waals surface area contributed by atoms with E-state index in [0.29, 0.717) is 6.54 Å². The molecule has 1 rings (SSSR count).